The molecule has 0 aliphatic carbocycles. The average molecular weight is 326 g/mol. The second-order valence-electron chi connectivity index (χ2n) is 6.10. The van der Waals surface area contributed by atoms with E-state index in [2.05, 4.69) is 4.98 Å². The van der Waals surface area contributed by atoms with E-state index >= 15 is 0 Å². The summed E-state index contributed by atoms with van der Waals surface area (Å²) in [6, 6.07) is 9.36. The van der Waals surface area contributed by atoms with Crippen molar-refractivity contribution in [2.75, 3.05) is 13.1 Å². The van der Waals surface area contributed by atoms with Crippen molar-refractivity contribution >= 4 is 11.8 Å². The average Bonchev–Trinajstić information content (AvgIpc) is 3.10. The normalized spacial score (nSPS) is 18.3. The van der Waals surface area contributed by atoms with Crippen molar-refractivity contribution in [3.8, 4) is 0 Å². The fraction of sp³-hybridized carbons (Fsp3) is 0.389. The summed E-state index contributed by atoms with van der Waals surface area (Å²) in [5.41, 5.74) is 1.04. The Hall–Kier alpha value is -2.63. The Morgan fingerprint density at radius 1 is 1.17 bits per heavy atom. The molecule has 3 rings (SSSR count). The van der Waals surface area contributed by atoms with E-state index in [0.29, 0.717) is 13.1 Å². The lowest BCUT2D eigenvalue weighted by Gasteiger charge is -2.38. The molecule has 0 spiro atoms. The van der Waals surface area contributed by atoms with E-state index in [1.807, 2.05) is 48.0 Å². The summed E-state index contributed by atoms with van der Waals surface area (Å²) in [5.74, 6) is 0.0322. The second kappa shape index (κ2) is 7.29. The summed E-state index contributed by atoms with van der Waals surface area (Å²) < 4.78 is 1.97. The lowest BCUT2D eigenvalue weighted by molar-refractivity contribution is -0.155. The summed E-state index contributed by atoms with van der Waals surface area (Å²) in [7, 11) is 0. The number of benzene rings is 1. The molecule has 0 radical (unpaired) electrons. The van der Waals surface area contributed by atoms with Gasteiger partial charge in [0.15, 0.2) is 0 Å². The van der Waals surface area contributed by atoms with Gasteiger partial charge in [-0.1, -0.05) is 30.3 Å². The molecule has 0 saturated carbocycles. The van der Waals surface area contributed by atoms with Gasteiger partial charge in [0.2, 0.25) is 11.8 Å². The van der Waals surface area contributed by atoms with Crippen molar-refractivity contribution in [3.05, 3.63) is 54.6 Å². The van der Waals surface area contributed by atoms with E-state index in [1.165, 1.54) is 0 Å². The Balaban J connectivity index is 1.57. The highest BCUT2D eigenvalue weighted by atomic mass is 16.2. The molecule has 2 heterocycles. The summed E-state index contributed by atoms with van der Waals surface area (Å²) in [6.45, 7) is 3.83. The number of amides is 2. The quantitative estimate of drug-likeness (QED) is 0.809. The molecule has 0 bridgehead atoms. The van der Waals surface area contributed by atoms with Gasteiger partial charge in [-0.25, -0.2) is 4.98 Å². The molecule has 1 saturated heterocycles. The molecule has 1 aromatic heterocycles. The first kappa shape index (κ1) is 16.2. The van der Waals surface area contributed by atoms with Crippen LogP contribution in [0.2, 0.25) is 0 Å². The van der Waals surface area contributed by atoms with Crippen molar-refractivity contribution in [3.63, 3.8) is 0 Å². The van der Waals surface area contributed by atoms with Crippen molar-refractivity contribution in [2.45, 2.75) is 32.5 Å². The van der Waals surface area contributed by atoms with Gasteiger partial charge in [-0.2, -0.15) is 0 Å². The Kier molecular flexibility index (Phi) is 4.93. The number of imidazole rings is 1. The van der Waals surface area contributed by atoms with Gasteiger partial charge in [0.25, 0.3) is 0 Å². The number of hydrogen-bond acceptors (Lipinski definition) is 3. The number of carbonyl (C=O) groups is 2. The highest BCUT2D eigenvalue weighted by molar-refractivity contribution is 5.94. The van der Waals surface area contributed by atoms with Crippen molar-refractivity contribution in [1.29, 1.82) is 0 Å². The SMILES string of the molecule is C[C@@H]1C(=O)N(Cc2ccccc2)CC(=O)N1CCCn1ccnc1. The standard InChI is InChI=1S/C18H22N4O2/c1-15-18(24)21(12-16-6-3-2-4-7-16)13-17(23)22(15)10-5-9-20-11-8-19-14-20/h2-4,6-8,11,14-15H,5,9-10,12-13H2,1H3/t15-/m1/s1. The maximum absolute atomic E-state index is 12.6. The van der Waals surface area contributed by atoms with Gasteiger partial charge < -0.3 is 14.4 Å². The number of nitrogens with zero attached hydrogens (tertiary/aromatic N) is 4. The molecule has 1 fully saturated rings. The van der Waals surface area contributed by atoms with Crippen LogP contribution in [0.3, 0.4) is 0 Å². The first-order valence-corrected chi connectivity index (χ1v) is 8.23. The molecule has 6 heteroatoms. The highest BCUT2D eigenvalue weighted by Gasteiger charge is 2.35. The fourth-order valence-electron chi connectivity index (χ4n) is 3.04. The number of aryl methyl sites for hydroxylation is 1. The maximum Gasteiger partial charge on any atom is 0.245 e. The summed E-state index contributed by atoms with van der Waals surface area (Å²) in [6.07, 6.45) is 6.19. The molecule has 126 valence electrons. The highest BCUT2D eigenvalue weighted by Crippen LogP contribution is 2.16. The topological polar surface area (TPSA) is 58.4 Å². The minimum absolute atomic E-state index is 0.0149. The second-order valence-corrected chi connectivity index (χ2v) is 6.10. The van der Waals surface area contributed by atoms with E-state index < -0.39 is 6.04 Å². The number of hydrogen-bond donors (Lipinski definition) is 0. The van der Waals surface area contributed by atoms with Crippen molar-refractivity contribution in [1.82, 2.24) is 19.4 Å². The summed E-state index contributed by atoms with van der Waals surface area (Å²) >= 11 is 0. The number of aromatic nitrogens is 2. The minimum atomic E-state index is -0.405. The zero-order valence-corrected chi connectivity index (χ0v) is 13.8. The third kappa shape index (κ3) is 3.64. The monoisotopic (exact) mass is 326 g/mol. The number of rotatable bonds is 6. The van der Waals surface area contributed by atoms with Crippen LogP contribution in [0.1, 0.15) is 18.9 Å². The molecule has 1 aromatic carbocycles. The van der Waals surface area contributed by atoms with Gasteiger partial charge in [-0.15, -0.1) is 0 Å². The van der Waals surface area contributed by atoms with Gasteiger partial charge in [0.1, 0.15) is 12.6 Å². The van der Waals surface area contributed by atoms with Gasteiger partial charge in [-0.05, 0) is 18.9 Å². The third-order valence-electron chi connectivity index (χ3n) is 4.37. The van der Waals surface area contributed by atoms with E-state index in [1.54, 1.807) is 22.3 Å². The van der Waals surface area contributed by atoms with Gasteiger partial charge >= 0.3 is 0 Å². The van der Waals surface area contributed by atoms with Crippen LogP contribution in [-0.2, 0) is 22.7 Å². The minimum Gasteiger partial charge on any atom is -0.337 e. The van der Waals surface area contributed by atoms with Crippen LogP contribution in [-0.4, -0.2) is 50.3 Å². The molecule has 0 unspecified atom stereocenters. The Bertz CT molecular complexity index is 684. The largest absolute Gasteiger partial charge is 0.337 e. The number of piperazine rings is 1. The Labute approximate surface area is 141 Å². The van der Waals surface area contributed by atoms with Gasteiger partial charge in [0.05, 0.1) is 6.33 Å². The van der Waals surface area contributed by atoms with Crippen LogP contribution in [0.15, 0.2) is 49.1 Å². The smallest absolute Gasteiger partial charge is 0.245 e. The lowest BCUT2D eigenvalue weighted by atomic mass is 10.1. The van der Waals surface area contributed by atoms with Crippen LogP contribution in [0.5, 0.6) is 0 Å². The molecule has 24 heavy (non-hydrogen) atoms. The zero-order chi connectivity index (χ0) is 16.9. The van der Waals surface area contributed by atoms with Crippen molar-refractivity contribution < 1.29 is 9.59 Å². The molecule has 2 amide bonds. The Morgan fingerprint density at radius 2 is 1.96 bits per heavy atom. The fourth-order valence-corrected chi connectivity index (χ4v) is 3.04. The predicted molar refractivity (Wildman–Crippen MR) is 89.9 cm³/mol. The maximum atomic E-state index is 12.6. The number of carbonyl (C=O) groups excluding carboxylic acids is 2. The molecule has 6 nitrogen and oxygen atoms in total. The van der Waals surface area contributed by atoms with Crippen molar-refractivity contribution in [2.24, 2.45) is 0 Å². The molecular formula is C18H22N4O2. The zero-order valence-electron chi connectivity index (χ0n) is 13.8. The van der Waals surface area contributed by atoms with E-state index in [0.717, 1.165) is 18.5 Å². The Morgan fingerprint density at radius 3 is 2.67 bits per heavy atom. The summed E-state index contributed by atoms with van der Waals surface area (Å²) in [5, 5.41) is 0. The van der Waals surface area contributed by atoms with E-state index in [4.69, 9.17) is 0 Å². The molecule has 1 aliphatic rings. The van der Waals surface area contributed by atoms with E-state index in [9.17, 15) is 9.59 Å². The van der Waals surface area contributed by atoms with Crippen LogP contribution in [0, 0.1) is 0 Å². The first-order chi connectivity index (χ1) is 11.6. The van der Waals surface area contributed by atoms with Gasteiger partial charge in [0, 0.05) is 32.0 Å². The van der Waals surface area contributed by atoms with Gasteiger partial charge in [-0.3, -0.25) is 9.59 Å². The predicted octanol–water partition coefficient (Wildman–Crippen LogP) is 1.53. The summed E-state index contributed by atoms with van der Waals surface area (Å²) in [4.78, 5) is 32.4. The van der Waals surface area contributed by atoms with E-state index in [-0.39, 0.29) is 18.4 Å². The third-order valence-corrected chi connectivity index (χ3v) is 4.37. The molecule has 2 aromatic rings. The van der Waals surface area contributed by atoms with Crippen LogP contribution < -0.4 is 0 Å². The van der Waals surface area contributed by atoms with Crippen LogP contribution >= 0.6 is 0 Å². The van der Waals surface area contributed by atoms with Crippen LogP contribution in [0.25, 0.3) is 0 Å². The first-order valence-electron chi connectivity index (χ1n) is 8.23. The molecule has 1 atom stereocenters. The molecular weight excluding hydrogens is 304 g/mol. The molecule has 0 N–H and O–H groups in total. The van der Waals surface area contributed by atoms with Crippen LogP contribution in [0.4, 0.5) is 0 Å². The lowest BCUT2D eigenvalue weighted by Crippen LogP contribution is -2.58. The molecule has 1 aliphatic heterocycles.